The molecule has 0 N–H and O–H groups in total. The van der Waals surface area contributed by atoms with Crippen molar-refractivity contribution in [2.45, 2.75) is 0 Å². The Kier molecular flexibility index (Phi) is 7.80. The summed E-state index contributed by atoms with van der Waals surface area (Å²) in [5.74, 6) is 1.74. The van der Waals surface area contributed by atoms with Crippen molar-refractivity contribution in [2.24, 2.45) is 0 Å². The second kappa shape index (κ2) is 14.0. The maximum absolute atomic E-state index is 6.56. The van der Waals surface area contributed by atoms with Crippen LogP contribution in [0, 0.1) is 0 Å². The zero-order valence-electron chi connectivity index (χ0n) is 33.9. The lowest BCUT2D eigenvalue weighted by molar-refractivity contribution is 0.669. The molecule has 294 valence electrons. The average molecular weight is 806 g/mol. The second-order valence-corrected chi connectivity index (χ2v) is 15.9. The van der Waals surface area contributed by atoms with Crippen molar-refractivity contribution in [3.8, 4) is 56.7 Å². The van der Waals surface area contributed by atoms with Gasteiger partial charge in [0.25, 0.3) is 0 Å². The van der Waals surface area contributed by atoms with E-state index in [1.54, 1.807) is 0 Å². The fourth-order valence-corrected chi connectivity index (χ4v) is 9.66. The number of para-hydroxylation sites is 4. The highest BCUT2D eigenvalue weighted by Gasteiger charge is 2.23. The molecule has 0 amide bonds. The molecular formula is C57H35N5O. The number of fused-ring (bicyclic) bond motifs is 9. The van der Waals surface area contributed by atoms with Gasteiger partial charge in [-0.25, -0.2) is 15.0 Å². The fraction of sp³-hybridized carbons (Fsp3) is 0. The van der Waals surface area contributed by atoms with Crippen LogP contribution < -0.4 is 0 Å². The van der Waals surface area contributed by atoms with E-state index in [-0.39, 0.29) is 0 Å². The van der Waals surface area contributed by atoms with Gasteiger partial charge in [0.1, 0.15) is 11.2 Å². The molecule has 0 aliphatic carbocycles. The van der Waals surface area contributed by atoms with Gasteiger partial charge < -0.3 is 13.6 Å². The summed E-state index contributed by atoms with van der Waals surface area (Å²) in [7, 11) is 0. The molecule has 0 radical (unpaired) electrons. The van der Waals surface area contributed by atoms with E-state index in [9.17, 15) is 0 Å². The molecule has 0 atom stereocenters. The van der Waals surface area contributed by atoms with Crippen LogP contribution in [0.3, 0.4) is 0 Å². The van der Waals surface area contributed by atoms with Crippen molar-refractivity contribution in [1.82, 2.24) is 24.1 Å². The monoisotopic (exact) mass is 805 g/mol. The van der Waals surface area contributed by atoms with E-state index in [1.165, 1.54) is 32.6 Å². The van der Waals surface area contributed by atoms with Crippen LogP contribution in [-0.4, -0.2) is 24.1 Å². The molecule has 6 nitrogen and oxygen atoms in total. The van der Waals surface area contributed by atoms with Crippen LogP contribution in [0.25, 0.3) is 122 Å². The van der Waals surface area contributed by atoms with Gasteiger partial charge in [0.05, 0.1) is 27.8 Å². The molecule has 0 bridgehead atoms. The summed E-state index contributed by atoms with van der Waals surface area (Å²) in [6, 6.07) is 74.3. The van der Waals surface area contributed by atoms with E-state index >= 15 is 0 Å². The Balaban J connectivity index is 1.07. The Morgan fingerprint density at radius 1 is 0.317 bits per heavy atom. The molecule has 0 saturated heterocycles. The predicted molar refractivity (Wildman–Crippen MR) is 258 cm³/mol. The van der Waals surface area contributed by atoms with Crippen LogP contribution in [-0.2, 0) is 0 Å². The zero-order valence-corrected chi connectivity index (χ0v) is 33.9. The lowest BCUT2D eigenvalue weighted by Gasteiger charge is -2.15. The fourth-order valence-electron chi connectivity index (χ4n) is 9.66. The summed E-state index contributed by atoms with van der Waals surface area (Å²) >= 11 is 0. The van der Waals surface area contributed by atoms with Gasteiger partial charge in [-0.3, -0.25) is 0 Å². The summed E-state index contributed by atoms with van der Waals surface area (Å²) < 4.78 is 11.3. The first-order valence-corrected chi connectivity index (χ1v) is 21.2. The molecule has 13 rings (SSSR count). The highest BCUT2D eigenvalue weighted by atomic mass is 16.3. The second-order valence-electron chi connectivity index (χ2n) is 15.9. The molecule has 4 aromatic heterocycles. The number of rotatable bonds is 6. The quantitative estimate of drug-likeness (QED) is 0.168. The maximum atomic E-state index is 6.56. The molecule has 0 fully saturated rings. The van der Waals surface area contributed by atoms with Crippen LogP contribution in [0.4, 0.5) is 0 Å². The van der Waals surface area contributed by atoms with Gasteiger partial charge in [0.15, 0.2) is 17.5 Å². The van der Waals surface area contributed by atoms with E-state index in [1.807, 2.05) is 42.5 Å². The first-order chi connectivity index (χ1) is 31.3. The van der Waals surface area contributed by atoms with Crippen molar-refractivity contribution < 1.29 is 4.42 Å². The molecule has 0 saturated carbocycles. The Hall–Kier alpha value is -8.61. The highest BCUT2D eigenvalue weighted by Crippen LogP contribution is 2.43. The van der Waals surface area contributed by atoms with Gasteiger partial charge >= 0.3 is 0 Å². The Morgan fingerprint density at radius 2 is 0.794 bits per heavy atom. The largest absolute Gasteiger partial charge is 0.456 e. The van der Waals surface area contributed by atoms with Gasteiger partial charge in [-0.05, 0) is 65.7 Å². The Bertz CT molecular complexity index is 3860. The molecule has 4 heterocycles. The standard InChI is InChI=1S/C57H35N5O/c1-3-17-36(18-4-1)39-25-15-31-51-53(39)54-45(26-16-32-52(54)63-51)57-59-55(37-19-5-2-6-20-37)58-56(60-57)44-24-10-14-30-49(44)62-48-29-13-9-23-42(48)43-34-33-38(35-50(43)62)61-46-27-11-7-21-40(46)41-22-8-12-28-47(41)61/h1-35H. The molecule has 0 aliphatic heterocycles. The minimum atomic E-state index is 0.570. The SMILES string of the molecule is c1ccc(-c2nc(-c3ccccc3-n3c4ccccc4c4ccc(-n5c6ccccc6c6ccccc65)cc43)nc(-c3cccc4oc5cccc(-c6ccccc6)c5c34)n2)cc1. The summed E-state index contributed by atoms with van der Waals surface area (Å²) in [6.45, 7) is 0. The van der Waals surface area contributed by atoms with Crippen molar-refractivity contribution in [2.75, 3.05) is 0 Å². The molecule has 63 heavy (non-hydrogen) atoms. The van der Waals surface area contributed by atoms with Gasteiger partial charge in [0.2, 0.25) is 0 Å². The lowest BCUT2D eigenvalue weighted by atomic mass is 9.97. The van der Waals surface area contributed by atoms with Crippen LogP contribution in [0.2, 0.25) is 0 Å². The van der Waals surface area contributed by atoms with Crippen molar-refractivity contribution in [3.63, 3.8) is 0 Å². The summed E-state index contributed by atoms with van der Waals surface area (Å²) in [4.78, 5) is 15.9. The van der Waals surface area contributed by atoms with Gasteiger partial charge in [-0.1, -0.05) is 158 Å². The van der Waals surface area contributed by atoms with E-state index < -0.39 is 0 Å². The Labute approximate surface area is 361 Å². The van der Waals surface area contributed by atoms with Crippen LogP contribution >= 0.6 is 0 Å². The smallest absolute Gasteiger partial charge is 0.166 e. The van der Waals surface area contributed by atoms with E-state index in [2.05, 4.69) is 179 Å². The number of benzene rings is 9. The number of hydrogen-bond acceptors (Lipinski definition) is 4. The van der Waals surface area contributed by atoms with Crippen LogP contribution in [0.15, 0.2) is 217 Å². The predicted octanol–water partition coefficient (Wildman–Crippen LogP) is 14.6. The summed E-state index contributed by atoms with van der Waals surface area (Å²) in [6.07, 6.45) is 0. The maximum Gasteiger partial charge on any atom is 0.166 e. The van der Waals surface area contributed by atoms with Gasteiger partial charge in [0, 0.05) is 54.7 Å². The normalized spacial score (nSPS) is 11.8. The number of furan rings is 1. The highest BCUT2D eigenvalue weighted by molar-refractivity contribution is 6.17. The third-order valence-electron chi connectivity index (χ3n) is 12.4. The topological polar surface area (TPSA) is 61.7 Å². The minimum absolute atomic E-state index is 0.570. The van der Waals surface area contributed by atoms with Crippen molar-refractivity contribution >= 4 is 65.6 Å². The molecule has 13 aromatic rings. The number of hydrogen-bond donors (Lipinski definition) is 0. The number of nitrogens with zero attached hydrogens (tertiary/aromatic N) is 5. The zero-order chi connectivity index (χ0) is 41.4. The van der Waals surface area contributed by atoms with E-state index in [0.29, 0.717) is 17.5 Å². The third kappa shape index (κ3) is 5.48. The summed E-state index contributed by atoms with van der Waals surface area (Å²) in [5.41, 5.74) is 13.0. The van der Waals surface area contributed by atoms with Crippen molar-refractivity contribution in [1.29, 1.82) is 0 Å². The molecular weight excluding hydrogens is 771 g/mol. The summed E-state index contributed by atoms with van der Waals surface area (Å²) in [5, 5.41) is 6.80. The molecule has 9 aromatic carbocycles. The van der Waals surface area contributed by atoms with Crippen molar-refractivity contribution in [3.05, 3.63) is 212 Å². The van der Waals surface area contributed by atoms with E-state index in [4.69, 9.17) is 19.4 Å². The van der Waals surface area contributed by atoms with Crippen LogP contribution in [0.1, 0.15) is 0 Å². The average Bonchev–Trinajstić information content (AvgIpc) is 4.02. The number of aromatic nitrogens is 5. The van der Waals surface area contributed by atoms with Gasteiger partial charge in [-0.2, -0.15) is 0 Å². The first kappa shape index (κ1) is 35.2. The minimum Gasteiger partial charge on any atom is -0.456 e. The first-order valence-electron chi connectivity index (χ1n) is 21.2. The Morgan fingerprint density at radius 3 is 1.46 bits per heavy atom. The molecule has 6 heteroatoms. The molecule has 0 unspecified atom stereocenters. The molecule has 0 aliphatic rings. The van der Waals surface area contributed by atoms with E-state index in [0.717, 1.165) is 72.2 Å². The third-order valence-corrected chi connectivity index (χ3v) is 12.4. The van der Waals surface area contributed by atoms with Gasteiger partial charge in [-0.15, -0.1) is 0 Å². The van der Waals surface area contributed by atoms with Crippen LogP contribution in [0.5, 0.6) is 0 Å². The molecule has 0 spiro atoms. The lowest BCUT2D eigenvalue weighted by Crippen LogP contribution is -2.04.